The van der Waals surface area contributed by atoms with E-state index in [9.17, 15) is 17.1 Å². The first-order valence-corrected chi connectivity index (χ1v) is 22.6. The van der Waals surface area contributed by atoms with E-state index in [0.717, 1.165) is 38.8 Å². The Kier molecular flexibility index (Phi) is 30.2. The van der Waals surface area contributed by atoms with E-state index in [-0.39, 0.29) is 5.91 Å². The van der Waals surface area contributed by atoms with Gasteiger partial charge in [0.05, 0.1) is 4.90 Å². The molecule has 1 aromatic carbocycles. The van der Waals surface area contributed by atoms with E-state index < -0.39 is 15.1 Å². The number of rotatable bonds is 36. The van der Waals surface area contributed by atoms with Crippen molar-refractivity contribution in [2.45, 2.75) is 224 Å². The fraction of sp³-hybridized carbons (Fsp3) is 0.837. The molecule has 0 aliphatic heterocycles. The number of carbonyl (C=O) groups excluding carboxylic acids is 1. The highest BCUT2D eigenvalue weighted by Crippen LogP contribution is 2.18. The summed E-state index contributed by atoms with van der Waals surface area (Å²) in [5, 5.41) is 0. The van der Waals surface area contributed by atoms with Gasteiger partial charge in [0, 0.05) is 18.7 Å². The summed E-state index contributed by atoms with van der Waals surface area (Å²) in [6.07, 6.45) is 42.3. The molecule has 1 aromatic rings. The lowest BCUT2D eigenvalue weighted by Crippen LogP contribution is -2.33. The lowest BCUT2D eigenvalue weighted by atomic mass is 10.0. The molecule has 0 spiro atoms. The summed E-state index contributed by atoms with van der Waals surface area (Å²) >= 11 is 0. The van der Waals surface area contributed by atoms with Crippen LogP contribution in [0.25, 0.3) is 0 Å². The van der Waals surface area contributed by atoms with E-state index in [2.05, 4.69) is 13.8 Å². The molecular weight excluding hydrogens is 630 g/mol. The van der Waals surface area contributed by atoms with Crippen molar-refractivity contribution in [3.05, 3.63) is 29.8 Å². The Bertz CT molecular complexity index is 945. The molecule has 6 heteroatoms. The first kappa shape index (κ1) is 45.6. The highest BCUT2D eigenvalue weighted by Gasteiger charge is 2.17. The number of nitrogens with zero attached hydrogens (tertiary/aromatic N) is 1. The van der Waals surface area contributed by atoms with Gasteiger partial charge in [0.15, 0.2) is 0 Å². The zero-order chi connectivity index (χ0) is 35.7. The Hall–Kier alpha value is -1.43. The largest absolute Gasteiger partial charge is 0.339 e. The van der Waals surface area contributed by atoms with Crippen molar-refractivity contribution in [3.8, 4) is 0 Å². The zero-order valence-electron chi connectivity index (χ0n) is 32.3. The van der Waals surface area contributed by atoms with Gasteiger partial charge in [-0.1, -0.05) is 206 Å². The average Bonchev–Trinajstić information content (AvgIpc) is 3.09. The Balaban J connectivity index is 2.24. The standard InChI is InChI=1S/C43H78FNO3S/c1-3-5-7-9-11-13-15-17-19-21-23-25-27-29-31-33-39-45(43(46)41-35-37-42(38-36-41)49(44,47)48)40-34-32-30-28-26-24-22-20-18-16-14-12-10-8-6-4-2/h35-38H,3-34,39-40H2,1-2H3. The second kappa shape index (κ2) is 32.5. The molecular formula is C43H78FNO3S. The van der Waals surface area contributed by atoms with Crippen LogP contribution in [0.5, 0.6) is 0 Å². The Morgan fingerprint density at radius 3 is 0.939 bits per heavy atom. The van der Waals surface area contributed by atoms with E-state index in [1.165, 1.54) is 204 Å². The molecule has 4 nitrogen and oxygen atoms in total. The van der Waals surface area contributed by atoms with Gasteiger partial charge in [0.25, 0.3) is 5.91 Å². The van der Waals surface area contributed by atoms with Crippen molar-refractivity contribution >= 4 is 16.1 Å². The Morgan fingerprint density at radius 2 is 0.694 bits per heavy atom. The minimum absolute atomic E-state index is 0.0790. The minimum Gasteiger partial charge on any atom is -0.339 e. The van der Waals surface area contributed by atoms with E-state index in [4.69, 9.17) is 0 Å². The van der Waals surface area contributed by atoms with Crippen molar-refractivity contribution in [1.29, 1.82) is 0 Å². The number of hydrogen-bond acceptors (Lipinski definition) is 3. The van der Waals surface area contributed by atoms with Crippen molar-refractivity contribution in [2.24, 2.45) is 0 Å². The topological polar surface area (TPSA) is 54.5 Å². The molecule has 0 radical (unpaired) electrons. The highest BCUT2D eigenvalue weighted by molar-refractivity contribution is 7.86. The van der Waals surface area contributed by atoms with Gasteiger partial charge >= 0.3 is 10.2 Å². The van der Waals surface area contributed by atoms with Crippen LogP contribution in [0.2, 0.25) is 0 Å². The minimum atomic E-state index is -4.77. The third-order valence-corrected chi connectivity index (χ3v) is 11.1. The van der Waals surface area contributed by atoms with Crippen LogP contribution >= 0.6 is 0 Å². The predicted molar refractivity (Wildman–Crippen MR) is 210 cm³/mol. The van der Waals surface area contributed by atoms with Gasteiger partial charge in [-0.05, 0) is 37.1 Å². The van der Waals surface area contributed by atoms with Crippen LogP contribution in [0.1, 0.15) is 230 Å². The number of benzene rings is 1. The average molecular weight is 708 g/mol. The third-order valence-electron chi connectivity index (χ3n) is 10.2. The van der Waals surface area contributed by atoms with Gasteiger partial charge in [-0.3, -0.25) is 4.79 Å². The number of hydrogen-bond donors (Lipinski definition) is 0. The molecule has 0 atom stereocenters. The first-order chi connectivity index (χ1) is 23.9. The summed E-state index contributed by atoms with van der Waals surface area (Å²) in [5.74, 6) is -0.0790. The monoisotopic (exact) mass is 708 g/mol. The summed E-state index contributed by atoms with van der Waals surface area (Å²) in [5.41, 5.74) is 0.431. The Morgan fingerprint density at radius 1 is 0.449 bits per heavy atom. The van der Waals surface area contributed by atoms with Gasteiger partial charge in [0.2, 0.25) is 0 Å². The quantitative estimate of drug-likeness (QED) is 0.0515. The van der Waals surface area contributed by atoms with E-state index >= 15 is 0 Å². The molecule has 0 aliphatic rings. The zero-order valence-corrected chi connectivity index (χ0v) is 33.1. The van der Waals surface area contributed by atoms with Crippen LogP contribution in [-0.2, 0) is 10.2 Å². The second-order valence-electron chi connectivity index (χ2n) is 14.9. The van der Waals surface area contributed by atoms with Gasteiger partial charge in [-0.2, -0.15) is 8.42 Å². The predicted octanol–water partition coefficient (Wildman–Crippen LogP) is 14.3. The summed E-state index contributed by atoms with van der Waals surface area (Å²) in [4.78, 5) is 14.9. The van der Waals surface area contributed by atoms with Gasteiger partial charge in [-0.25, -0.2) is 0 Å². The van der Waals surface area contributed by atoms with Gasteiger partial charge < -0.3 is 4.90 Å². The number of halogens is 1. The van der Waals surface area contributed by atoms with Crippen LogP contribution in [0.15, 0.2) is 29.2 Å². The molecule has 0 aromatic heterocycles. The molecule has 0 N–H and O–H groups in total. The Labute approximate surface area is 304 Å². The van der Waals surface area contributed by atoms with Crippen LogP contribution in [-0.4, -0.2) is 32.3 Å². The molecule has 0 saturated heterocycles. The van der Waals surface area contributed by atoms with Crippen molar-refractivity contribution in [2.75, 3.05) is 13.1 Å². The molecule has 0 aliphatic carbocycles. The molecule has 0 heterocycles. The summed E-state index contributed by atoms with van der Waals surface area (Å²) in [6, 6.07) is 5.29. The number of carbonyl (C=O) groups is 1. The SMILES string of the molecule is CCCCCCCCCCCCCCCCCCN(CCCCCCCCCCCCCCCCCC)C(=O)c1ccc(S(=O)(=O)F)cc1. The molecule has 49 heavy (non-hydrogen) atoms. The molecule has 0 saturated carbocycles. The lowest BCUT2D eigenvalue weighted by molar-refractivity contribution is 0.0749. The van der Waals surface area contributed by atoms with Crippen molar-refractivity contribution < 1.29 is 17.1 Å². The maximum absolute atomic E-state index is 13.4. The van der Waals surface area contributed by atoms with Gasteiger partial charge in [-0.15, -0.1) is 3.89 Å². The van der Waals surface area contributed by atoms with Crippen molar-refractivity contribution in [3.63, 3.8) is 0 Å². The van der Waals surface area contributed by atoms with Crippen LogP contribution < -0.4 is 0 Å². The van der Waals surface area contributed by atoms with Crippen molar-refractivity contribution in [1.82, 2.24) is 4.90 Å². The fourth-order valence-corrected chi connectivity index (χ4v) is 7.42. The fourth-order valence-electron chi connectivity index (χ4n) is 6.96. The molecule has 0 fully saturated rings. The normalized spacial score (nSPS) is 11.7. The van der Waals surface area contributed by atoms with E-state index in [0.29, 0.717) is 5.56 Å². The maximum Gasteiger partial charge on any atom is 0.332 e. The van der Waals surface area contributed by atoms with Gasteiger partial charge in [0.1, 0.15) is 0 Å². The molecule has 286 valence electrons. The summed E-state index contributed by atoms with van der Waals surface area (Å²) < 4.78 is 35.9. The smallest absolute Gasteiger partial charge is 0.332 e. The van der Waals surface area contributed by atoms with Crippen LogP contribution in [0, 0.1) is 0 Å². The summed E-state index contributed by atoms with van der Waals surface area (Å²) in [6.45, 7) is 6.00. The van der Waals surface area contributed by atoms with E-state index in [1.807, 2.05) is 4.90 Å². The van der Waals surface area contributed by atoms with Crippen LogP contribution in [0.3, 0.4) is 0 Å². The number of amides is 1. The maximum atomic E-state index is 13.4. The molecule has 1 rings (SSSR count). The molecule has 1 amide bonds. The molecule has 0 bridgehead atoms. The first-order valence-electron chi connectivity index (χ1n) is 21.2. The highest BCUT2D eigenvalue weighted by atomic mass is 32.3. The lowest BCUT2D eigenvalue weighted by Gasteiger charge is -2.23. The molecule has 0 unspecified atom stereocenters. The summed E-state index contributed by atoms with van der Waals surface area (Å²) in [7, 11) is -4.77. The second-order valence-corrected chi connectivity index (χ2v) is 16.2. The van der Waals surface area contributed by atoms with E-state index in [1.54, 1.807) is 0 Å². The van der Waals surface area contributed by atoms with Crippen LogP contribution in [0.4, 0.5) is 3.89 Å². The third kappa shape index (κ3) is 27.0. The number of unbranched alkanes of at least 4 members (excludes halogenated alkanes) is 30.